The topological polar surface area (TPSA) is 147 Å². The summed E-state index contributed by atoms with van der Waals surface area (Å²) in [6.07, 6.45) is 0. The normalized spacial score (nSPS) is 11.8. The number of benzene rings is 16. The van der Waals surface area contributed by atoms with Gasteiger partial charge < -0.3 is 17.8 Å². The average molecular weight is 1480 g/mol. The summed E-state index contributed by atoms with van der Waals surface area (Å²) < 4.78 is 22.0. The van der Waals surface area contributed by atoms with Gasteiger partial charge in [-0.1, -0.05) is 291 Å². The van der Waals surface area contributed by atoms with Crippen LogP contribution in [0.5, 0.6) is 0 Å². The molecular formula is C104H61N9O3. The number of furan rings is 3. The van der Waals surface area contributed by atoms with Crippen molar-refractivity contribution in [3.8, 4) is 108 Å². The fraction of sp³-hybridized carbons (Fsp3) is 0. The molecule has 24 aromatic rings. The number of hydrogen-bond acceptors (Lipinski definition) is 11. The summed E-state index contributed by atoms with van der Waals surface area (Å²) in [4.78, 5) is 41.1. The molecule has 0 saturated heterocycles. The van der Waals surface area contributed by atoms with Crippen LogP contribution in [0.25, 0.3) is 239 Å². The zero-order chi connectivity index (χ0) is 76.3. The van der Waals surface area contributed by atoms with Crippen LogP contribution in [0.1, 0.15) is 0 Å². The van der Waals surface area contributed by atoms with Crippen molar-refractivity contribution in [1.29, 1.82) is 0 Å². The number of hydrogen-bond donors (Lipinski definition) is 0. The summed E-state index contributed by atoms with van der Waals surface area (Å²) in [6.45, 7) is 0. The van der Waals surface area contributed by atoms with E-state index in [4.69, 9.17) is 53.1 Å². The van der Waals surface area contributed by atoms with E-state index in [1.807, 2.05) is 115 Å². The molecule has 0 fully saturated rings. The third-order valence-corrected chi connectivity index (χ3v) is 22.3. The number of pyridine rings is 2. The molecule has 0 aliphatic carbocycles. The Labute approximate surface area is 662 Å². The average Bonchev–Trinajstić information content (AvgIpc) is 1.61. The Morgan fingerprint density at radius 2 is 0.543 bits per heavy atom. The van der Waals surface area contributed by atoms with Gasteiger partial charge in [-0.2, -0.15) is 0 Å². The summed E-state index contributed by atoms with van der Waals surface area (Å²) >= 11 is 0. The predicted octanol–water partition coefficient (Wildman–Crippen LogP) is 26.9. The van der Waals surface area contributed by atoms with Gasteiger partial charge in [-0.15, -0.1) is 0 Å². The molecule has 540 valence electrons. The first-order chi connectivity index (χ1) is 57.5. The molecule has 0 atom stereocenters. The lowest BCUT2D eigenvalue weighted by atomic mass is 9.98. The van der Waals surface area contributed by atoms with Crippen LogP contribution in [0.4, 0.5) is 0 Å². The maximum atomic E-state index is 6.68. The van der Waals surface area contributed by atoms with E-state index in [9.17, 15) is 0 Å². The molecule has 0 N–H and O–H groups in total. The van der Waals surface area contributed by atoms with Gasteiger partial charge in [0.2, 0.25) is 0 Å². The summed E-state index contributed by atoms with van der Waals surface area (Å²) in [5.74, 6) is 3.55. The maximum absolute atomic E-state index is 6.68. The molecule has 116 heavy (non-hydrogen) atoms. The third kappa shape index (κ3) is 11.1. The van der Waals surface area contributed by atoms with Gasteiger partial charge in [-0.3, -0.25) is 0 Å². The van der Waals surface area contributed by atoms with E-state index in [1.165, 1.54) is 21.8 Å². The fourth-order valence-electron chi connectivity index (χ4n) is 16.9. The molecular weight excluding hydrogens is 1420 g/mol. The van der Waals surface area contributed by atoms with Crippen LogP contribution in [0.3, 0.4) is 0 Å². The molecule has 0 spiro atoms. The van der Waals surface area contributed by atoms with Gasteiger partial charge in [-0.05, 0) is 106 Å². The van der Waals surface area contributed by atoms with Gasteiger partial charge in [0.1, 0.15) is 33.5 Å². The molecule has 8 heterocycles. The lowest BCUT2D eigenvalue weighted by Gasteiger charge is -2.12. The molecule has 0 saturated carbocycles. The van der Waals surface area contributed by atoms with E-state index in [2.05, 4.69) is 259 Å². The first-order valence-electron chi connectivity index (χ1n) is 38.7. The van der Waals surface area contributed by atoms with Crippen LogP contribution in [0, 0.1) is 0 Å². The molecule has 12 heteroatoms. The zero-order valence-corrected chi connectivity index (χ0v) is 62.0. The van der Waals surface area contributed by atoms with E-state index in [1.54, 1.807) is 0 Å². The number of aromatic nitrogens is 9. The SMILES string of the molecule is c1ccc(-c2nc(-c3ccc(-c4nc5ccc6ccccc6c5c5oc6ccccc6c45)cc3)nc(-c3cccc(-c4cccc5c4oc4ccccc45)c3)n2)cc1.c1ccc(-c2nc(-c3ccc(-n4c5ccccc5c5ccccc54)cc3)nc(-c3cccc(-c4nc5ccc6ccccc6c5c5oc6ccccc6c45)c3)n2)cc1. The second kappa shape index (κ2) is 26.9. The lowest BCUT2D eigenvalue weighted by molar-refractivity contribution is 0.670. The molecule has 0 radical (unpaired) electrons. The standard InChI is InChI=1S/C52H31N5O.C52H30N4O2/c1-2-14-33(15-3-1)50-54-51(34-25-28-37(29-26-34)57-43-22-9-6-19-39(43)40-20-7-10-23-44(40)57)56-52(55-50)36-17-12-16-35(31-36)48-47-41-21-8-11-24-45(41)58-49(47)46-38-18-5-4-13-32(38)27-30-42(46)53-48;1-2-13-33(14-3-1)50-54-51(56-52(55-50)36-16-10-15-35(30-36)38-20-11-21-40-39-18-6-8-22-43(39)57-48(38)40)34-26-24-32(25-27-34)47-46-41-19-7-9-23-44(41)58-49(46)45-37-17-5-4-12-31(37)28-29-42(45)53-47/h1-31H;1-30H. The largest absolute Gasteiger partial charge is 0.455 e. The van der Waals surface area contributed by atoms with E-state index in [0.29, 0.717) is 34.9 Å². The minimum absolute atomic E-state index is 0.581. The van der Waals surface area contributed by atoms with Crippen LogP contribution in [0.15, 0.2) is 383 Å². The van der Waals surface area contributed by atoms with Gasteiger partial charge in [0, 0.05) is 88.1 Å². The van der Waals surface area contributed by atoms with Crippen LogP contribution >= 0.6 is 0 Å². The van der Waals surface area contributed by atoms with Gasteiger partial charge in [0.15, 0.2) is 34.9 Å². The summed E-state index contributed by atoms with van der Waals surface area (Å²) in [5.41, 5.74) is 21.2. The Morgan fingerprint density at radius 1 is 0.198 bits per heavy atom. The van der Waals surface area contributed by atoms with Crippen LogP contribution in [0.2, 0.25) is 0 Å². The second-order valence-electron chi connectivity index (χ2n) is 29.2. The number of rotatable bonds is 10. The first-order valence-corrected chi connectivity index (χ1v) is 38.7. The van der Waals surface area contributed by atoms with Crippen LogP contribution in [-0.4, -0.2) is 44.4 Å². The van der Waals surface area contributed by atoms with Gasteiger partial charge in [0.05, 0.1) is 55.0 Å². The quantitative estimate of drug-likeness (QED) is 0.121. The van der Waals surface area contributed by atoms with Gasteiger partial charge in [0.25, 0.3) is 0 Å². The predicted molar refractivity (Wildman–Crippen MR) is 470 cm³/mol. The minimum Gasteiger partial charge on any atom is -0.455 e. The summed E-state index contributed by atoms with van der Waals surface area (Å²) in [6, 6.07) is 127. The second-order valence-corrected chi connectivity index (χ2v) is 29.2. The van der Waals surface area contributed by atoms with E-state index in [0.717, 1.165) is 182 Å². The first kappa shape index (κ1) is 65.9. The van der Waals surface area contributed by atoms with Crippen molar-refractivity contribution >= 4 is 131 Å². The number of fused-ring (bicyclic) bond motifs is 20. The Kier molecular flexibility index (Phi) is 15.3. The molecule has 0 aliphatic rings. The van der Waals surface area contributed by atoms with Crippen molar-refractivity contribution in [3.63, 3.8) is 0 Å². The highest BCUT2D eigenvalue weighted by Gasteiger charge is 2.25. The van der Waals surface area contributed by atoms with Crippen molar-refractivity contribution in [2.75, 3.05) is 0 Å². The molecule has 0 amide bonds. The monoisotopic (exact) mass is 1480 g/mol. The number of nitrogens with zero attached hydrogens (tertiary/aromatic N) is 9. The van der Waals surface area contributed by atoms with Crippen LogP contribution in [-0.2, 0) is 0 Å². The van der Waals surface area contributed by atoms with Crippen molar-refractivity contribution in [2.24, 2.45) is 0 Å². The Morgan fingerprint density at radius 3 is 1.06 bits per heavy atom. The summed E-state index contributed by atoms with van der Waals surface area (Å²) in [5, 5.41) is 15.3. The minimum atomic E-state index is 0.581. The molecule has 24 rings (SSSR count). The van der Waals surface area contributed by atoms with Crippen molar-refractivity contribution in [1.82, 2.24) is 44.4 Å². The molecule has 8 aromatic heterocycles. The van der Waals surface area contributed by atoms with E-state index in [-0.39, 0.29) is 0 Å². The van der Waals surface area contributed by atoms with Crippen LogP contribution < -0.4 is 0 Å². The Bertz CT molecular complexity index is 8040. The smallest absolute Gasteiger partial charge is 0.164 e. The van der Waals surface area contributed by atoms with Crippen molar-refractivity contribution < 1.29 is 13.3 Å². The highest BCUT2D eigenvalue weighted by atomic mass is 16.3. The maximum Gasteiger partial charge on any atom is 0.164 e. The van der Waals surface area contributed by atoms with Crippen molar-refractivity contribution in [2.45, 2.75) is 0 Å². The zero-order valence-electron chi connectivity index (χ0n) is 62.0. The highest BCUT2D eigenvalue weighted by Crippen LogP contribution is 2.46. The fourth-order valence-corrected chi connectivity index (χ4v) is 16.9. The Hall–Kier alpha value is -15.9. The Balaban J connectivity index is 0.000000137. The van der Waals surface area contributed by atoms with Gasteiger partial charge in [-0.25, -0.2) is 39.9 Å². The van der Waals surface area contributed by atoms with Crippen molar-refractivity contribution in [3.05, 3.63) is 370 Å². The highest BCUT2D eigenvalue weighted by molar-refractivity contribution is 6.27. The molecule has 16 aromatic carbocycles. The van der Waals surface area contributed by atoms with E-state index < -0.39 is 0 Å². The molecule has 0 bridgehead atoms. The third-order valence-electron chi connectivity index (χ3n) is 22.3. The molecule has 0 aliphatic heterocycles. The molecule has 0 unspecified atom stereocenters. The summed E-state index contributed by atoms with van der Waals surface area (Å²) in [7, 11) is 0. The van der Waals surface area contributed by atoms with E-state index >= 15 is 0 Å². The lowest BCUT2D eigenvalue weighted by Crippen LogP contribution is -2.01. The number of para-hydroxylation sites is 6. The van der Waals surface area contributed by atoms with Gasteiger partial charge >= 0.3 is 0 Å². The molecule has 12 nitrogen and oxygen atoms in total.